The highest BCUT2D eigenvalue weighted by Gasteiger charge is 2.23. The van der Waals surface area contributed by atoms with Crippen LogP contribution in [0.4, 0.5) is 20.6 Å². The van der Waals surface area contributed by atoms with Gasteiger partial charge in [-0.05, 0) is 87.7 Å². The van der Waals surface area contributed by atoms with Crippen LogP contribution in [0, 0.1) is 5.82 Å². The smallest absolute Gasteiger partial charge is 0.412 e. The van der Waals surface area contributed by atoms with Crippen LogP contribution in [-0.4, -0.2) is 54.1 Å². The van der Waals surface area contributed by atoms with Crippen LogP contribution in [-0.2, 0) is 20.7 Å². The first-order chi connectivity index (χ1) is 22.9. The number of unbranched alkanes of at least 4 members (excludes halogenated alkanes) is 2. The number of rotatable bonds is 14. The molecule has 1 heterocycles. The van der Waals surface area contributed by atoms with E-state index in [1.165, 1.54) is 12.1 Å². The second-order valence-corrected chi connectivity index (χ2v) is 12.3. The number of aromatic amines is 1. The zero-order chi connectivity index (χ0) is 34.7. The average molecular weight is 660 g/mol. The minimum Gasteiger partial charge on any atom is -0.497 e. The number of methoxy groups -OCH3 is 1. The molecule has 4 aromatic rings. The summed E-state index contributed by atoms with van der Waals surface area (Å²) in [5.41, 5.74) is 1.83. The van der Waals surface area contributed by atoms with Crippen LogP contribution in [0.15, 0.2) is 72.9 Å². The van der Waals surface area contributed by atoms with Gasteiger partial charge in [0.2, 0.25) is 11.8 Å². The first-order valence-electron chi connectivity index (χ1n) is 15.8. The van der Waals surface area contributed by atoms with Gasteiger partial charge in [-0.1, -0.05) is 24.6 Å². The minimum absolute atomic E-state index is 0.0848. The number of hydrogen-bond acceptors (Lipinski definition) is 6. The zero-order valence-corrected chi connectivity index (χ0v) is 27.6. The van der Waals surface area contributed by atoms with Crippen LogP contribution < -0.4 is 26.0 Å². The Morgan fingerprint density at radius 3 is 2.38 bits per heavy atom. The van der Waals surface area contributed by atoms with Gasteiger partial charge in [-0.15, -0.1) is 0 Å². The SMILES string of the molecule is COc1ccc(C(=O)N[C@@H](Cc2c[nH]c3ccccc23)C(=O)NCCCCCC(=O)Nc2ccc(F)cc2NC(=O)OC(C)(C)C)cc1. The second-order valence-electron chi connectivity index (χ2n) is 12.3. The molecular weight excluding hydrogens is 617 g/mol. The first kappa shape index (κ1) is 35.5. The third-order valence-electron chi connectivity index (χ3n) is 7.34. The van der Waals surface area contributed by atoms with Crippen molar-refractivity contribution in [1.29, 1.82) is 0 Å². The lowest BCUT2D eigenvalue weighted by atomic mass is 10.0. The molecule has 0 aliphatic heterocycles. The van der Waals surface area contributed by atoms with Crippen molar-refractivity contribution in [3.8, 4) is 5.75 Å². The predicted molar refractivity (Wildman–Crippen MR) is 183 cm³/mol. The van der Waals surface area contributed by atoms with Gasteiger partial charge in [-0.3, -0.25) is 19.7 Å². The molecule has 0 radical (unpaired) electrons. The van der Waals surface area contributed by atoms with Gasteiger partial charge in [0.25, 0.3) is 5.91 Å². The Hall–Kier alpha value is -5.39. The van der Waals surface area contributed by atoms with Crippen LogP contribution >= 0.6 is 0 Å². The topological polar surface area (TPSA) is 151 Å². The molecule has 0 spiro atoms. The Kier molecular flexibility index (Phi) is 12.1. The maximum Gasteiger partial charge on any atom is 0.412 e. The third-order valence-corrected chi connectivity index (χ3v) is 7.34. The monoisotopic (exact) mass is 659 g/mol. The van der Waals surface area contributed by atoms with Crippen molar-refractivity contribution in [2.45, 2.75) is 64.5 Å². The number of carbonyl (C=O) groups excluding carboxylic acids is 4. The Bertz CT molecular complexity index is 1730. The summed E-state index contributed by atoms with van der Waals surface area (Å²) in [6.45, 7) is 5.47. The van der Waals surface area contributed by atoms with Crippen molar-refractivity contribution in [1.82, 2.24) is 15.6 Å². The quantitative estimate of drug-likeness (QED) is 0.100. The largest absolute Gasteiger partial charge is 0.497 e. The van der Waals surface area contributed by atoms with Crippen molar-refractivity contribution >= 4 is 46.1 Å². The number of hydrogen-bond donors (Lipinski definition) is 5. The summed E-state index contributed by atoms with van der Waals surface area (Å²) >= 11 is 0. The van der Waals surface area contributed by atoms with E-state index in [1.807, 2.05) is 30.5 Å². The predicted octanol–water partition coefficient (Wildman–Crippen LogP) is 6.32. The van der Waals surface area contributed by atoms with Gasteiger partial charge in [-0.25, -0.2) is 9.18 Å². The van der Waals surface area contributed by atoms with E-state index < -0.39 is 23.6 Å². The fourth-order valence-electron chi connectivity index (χ4n) is 4.99. The summed E-state index contributed by atoms with van der Waals surface area (Å²) in [5.74, 6) is -0.967. The fourth-order valence-corrected chi connectivity index (χ4v) is 4.99. The Labute approximate surface area is 279 Å². The number of H-pyrrole nitrogens is 1. The Morgan fingerprint density at radius 1 is 0.896 bits per heavy atom. The number of aromatic nitrogens is 1. The second kappa shape index (κ2) is 16.4. The summed E-state index contributed by atoms with van der Waals surface area (Å²) in [7, 11) is 1.54. The number of halogens is 1. The van der Waals surface area contributed by atoms with E-state index >= 15 is 0 Å². The first-order valence-corrected chi connectivity index (χ1v) is 15.8. The third kappa shape index (κ3) is 10.6. The number of anilines is 2. The van der Waals surface area contributed by atoms with E-state index in [4.69, 9.17) is 9.47 Å². The molecule has 0 fully saturated rings. The molecule has 0 unspecified atom stereocenters. The molecule has 1 aromatic heterocycles. The number of ether oxygens (including phenoxy) is 2. The summed E-state index contributed by atoms with van der Waals surface area (Å²) in [5, 5.41) is 12.0. The molecule has 48 heavy (non-hydrogen) atoms. The van der Waals surface area contributed by atoms with Gasteiger partial charge >= 0.3 is 6.09 Å². The zero-order valence-electron chi connectivity index (χ0n) is 27.6. The van der Waals surface area contributed by atoms with E-state index in [0.717, 1.165) is 22.5 Å². The van der Waals surface area contributed by atoms with Crippen molar-refractivity contribution in [3.05, 3.63) is 89.9 Å². The molecule has 5 N–H and O–H groups in total. The lowest BCUT2D eigenvalue weighted by Crippen LogP contribution is -2.48. The van der Waals surface area contributed by atoms with Crippen molar-refractivity contribution in [2.75, 3.05) is 24.3 Å². The van der Waals surface area contributed by atoms with E-state index in [9.17, 15) is 23.6 Å². The van der Waals surface area contributed by atoms with Crippen LogP contribution in [0.3, 0.4) is 0 Å². The maximum atomic E-state index is 13.9. The van der Waals surface area contributed by atoms with Crippen molar-refractivity contribution in [3.63, 3.8) is 0 Å². The van der Waals surface area contributed by atoms with Gasteiger partial charge in [0.15, 0.2) is 0 Å². The molecule has 0 aliphatic carbocycles. The highest BCUT2D eigenvalue weighted by molar-refractivity contribution is 5.99. The van der Waals surface area contributed by atoms with Gasteiger partial charge in [0, 0.05) is 42.0 Å². The molecular formula is C36H42FN5O6. The number of fused-ring (bicyclic) bond motifs is 1. The lowest BCUT2D eigenvalue weighted by molar-refractivity contribution is -0.123. The van der Waals surface area contributed by atoms with Gasteiger partial charge in [0.05, 0.1) is 18.5 Å². The Balaban J connectivity index is 1.27. The number of amides is 4. The summed E-state index contributed by atoms with van der Waals surface area (Å²) in [6.07, 6.45) is 3.32. The van der Waals surface area contributed by atoms with Gasteiger partial charge < -0.3 is 30.4 Å². The van der Waals surface area contributed by atoms with E-state index in [0.29, 0.717) is 37.1 Å². The number of benzene rings is 3. The highest BCUT2D eigenvalue weighted by Crippen LogP contribution is 2.24. The van der Waals surface area contributed by atoms with E-state index in [2.05, 4.69) is 26.3 Å². The van der Waals surface area contributed by atoms with Crippen molar-refractivity contribution < 1.29 is 33.0 Å². The van der Waals surface area contributed by atoms with Crippen molar-refractivity contribution in [2.24, 2.45) is 0 Å². The molecule has 254 valence electrons. The maximum absolute atomic E-state index is 13.9. The molecule has 0 saturated carbocycles. The fraction of sp³-hybridized carbons (Fsp3) is 0.333. The highest BCUT2D eigenvalue weighted by atomic mass is 19.1. The van der Waals surface area contributed by atoms with Crippen LogP contribution in [0.25, 0.3) is 10.9 Å². The molecule has 12 heteroatoms. The molecule has 4 rings (SSSR count). The minimum atomic E-state index is -0.830. The normalized spacial score (nSPS) is 11.8. The molecule has 4 amide bonds. The molecule has 11 nitrogen and oxygen atoms in total. The number of para-hydroxylation sites is 1. The summed E-state index contributed by atoms with van der Waals surface area (Å²) in [6, 6.07) is 17.2. The van der Waals surface area contributed by atoms with Crippen LogP contribution in [0.1, 0.15) is 62.4 Å². The molecule has 0 bridgehead atoms. The lowest BCUT2D eigenvalue weighted by Gasteiger charge is -2.20. The van der Waals surface area contributed by atoms with Crippen LogP contribution in [0.2, 0.25) is 0 Å². The summed E-state index contributed by atoms with van der Waals surface area (Å²) < 4.78 is 24.3. The van der Waals surface area contributed by atoms with E-state index in [1.54, 1.807) is 52.1 Å². The van der Waals surface area contributed by atoms with Gasteiger partial charge in [0.1, 0.15) is 23.2 Å². The molecule has 0 aliphatic rings. The average Bonchev–Trinajstić information content (AvgIpc) is 3.45. The number of nitrogens with one attached hydrogen (secondary N) is 5. The number of carbonyl (C=O) groups is 4. The van der Waals surface area contributed by atoms with Gasteiger partial charge in [-0.2, -0.15) is 0 Å². The Morgan fingerprint density at radius 2 is 1.65 bits per heavy atom. The van der Waals surface area contributed by atoms with E-state index in [-0.39, 0.29) is 41.9 Å². The molecule has 1 atom stereocenters. The standard InChI is InChI=1S/C36H42FN5O6/c1-36(2,3)48-35(46)42-30-21-25(37)15-18-29(30)40-32(43)12-6-5-9-19-38-34(45)31(20-24-22-39-28-11-8-7-10-27(24)28)41-33(44)23-13-16-26(47-4)17-14-23/h7-8,10-11,13-18,21-22,31,39H,5-6,9,12,19-20H2,1-4H3,(H,38,45)(H,40,43)(H,41,44)(H,42,46)/t31-/m0/s1. The molecule has 3 aromatic carbocycles. The summed E-state index contributed by atoms with van der Waals surface area (Å²) in [4.78, 5) is 54.4. The van der Waals surface area contributed by atoms with Crippen LogP contribution in [0.5, 0.6) is 5.75 Å². The molecule has 0 saturated heterocycles.